The van der Waals surface area contributed by atoms with Crippen LogP contribution >= 0.6 is 0 Å². The summed E-state index contributed by atoms with van der Waals surface area (Å²) in [5.41, 5.74) is 5.81. The number of hydrogen-bond acceptors (Lipinski definition) is 3. The van der Waals surface area contributed by atoms with Crippen LogP contribution in [0.15, 0.2) is 30.3 Å². The molecule has 0 fully saturated rings. The van der Waals surface area contributed by atoms with Crippen LogP contribution in [0.2, 0.25) is 0 Å². The van der Waals surface area contributed by atoms with Gasteiger partial charge in [-0.2, -0.15) is 0 Å². The Morgan fingerprint density at radius 3 is 2.45 bits per heavy atom. The van der Waals surface area contributed by atoms with Crippen LogP contribution in [-0.2, 0) is 10.3 Å². The van der Waals surface area contributed by atoms with E-state index >= 15 is 0 Å². The minimum Gasteiger partial charge on any atom is -0.368 e. The summed E-state index contributed by atoms with van der Waals surface area (Å²) in [6, 6.07) is 10.2. The third-order valence-electron chi connectivity index (χ3n) is 4.30. The number of hydrogen-bond donors (Lipinski definition) is 2. The van der Waals surface area contributed by atoms with Crippen molar-refractivity contribution in [3.8, 4) is 0 Å². The Hall–Kier alpha value is -1.39. The zero-order valence-electron chi connectivity index (χ0n) is 13.0. The highest BCUT2D eigenvalue weighted by atomic mass is 16.1. The molecule has 1 amide bonds. The molecule has 4 heteroatoms. The molecule has 0 aliphatic carbocycles. The molecule has 0 aliphatic heterocycles. The first-order valence-electron chi connectivity index (χ1n) is 7.22. The van der Waals surface area contributed by atoms with Crippen molar-refractivity contribution in [2.75, 3.05) is 20.6 Å². The Kier molecular flexibility index (Phi) is 6.17. The van der Waals surface area contributed by atoms with Crippen molar-refractivity contribution in [2.24, 2.45) is 5.73 Å². The average Bonchev–Trinajstić information content (AvgIpc) is 2.48. The second-order valence-corrected chi connectivity index (χ2v) is 5.37. The van der Waals surface area contributed by atoms with Gasteiger partial charge in [-0.3, -0.25) is 4.79 Å². The number of rotatable bonds is 8. The van der Waals surface area contributed by atoms with Crippen LogP contribution in [0.3, 0.4) is 0 Å². The Labute approximate surface area is 122 Å². The summed E-state index contributed by atoms with van der Waals surface area (Å²) in [7, 11) is 3.88. The molecular weight excluding hydrogens is 250 g/mol. The van der Waals surface area contributed by atoms with E-state index in [4.69, 9.17) is 5.73 Å². The molecule has 0 heterocycles. The fourth-order valence-corrected chi connectivity index (χ4v) is 2.40. The van der Waals surface area contributed by atoms with Gasteiger partial charge in [0.05, 0.1) is 0 Å². The highest BCUT2D eigenvalue weighted by Gasteiger charge is 2.36. The van der Waals surface area contributed by atoms with Gasteiger partial charge in [0, 0.05) is 12.6 Å². The molecule has 0 radical (unpaired) electrons. The molecule has 0 spiro atoms. The maximum atomic E-state index is 12.0. The average molecular weight is 277 g/mol. The van der Waals surface area contributed by atoms with Crippen LogP contribution < -0.4 is 11.1 Å². The van der Waals surface area contributed by atoms with Crippen molar-refractivity contribution in [1.82, 2.24) is 10.2 Å². The van der Waals surface area contributed by atoms with Crippen LogP contribution in [0.4, 0.5) is 0 Å². The third kappa shape index (κ3) is 3.58. The fourth-order valence-electron chi connectivity index (χ4n) is 2.40. The first-order chi connectivity index (χ1) is 9.47. The molecule has 0 saturated carbocycles. The summed E-state index contributed by atoms with van der Waals surface area (Å²) in [5.74, 6) is -0.330. The lowest BCUT2D eigenvalue weighted by Gasteiger charge is -2.34. The summed E-state index contributed by atoms with van der Waals surface area (Å²) in [6.45, 7) is 5.17. The van der Waals surface area contributed by atoms with Gasteiger partial charge >= 0.3 is 0 Å². The SMILES string of the molecule is CCC(C)N(C)CCC(NC)(C(N)=O)c1ccccc1. The van der Waals surface area contributed by atoms with Crippen molar-refractivity contribution >= 4 is 5.91 Å². The predicted molar refractivity (Wildman–Crippen MR) is 83.4 cm³/mol. The summed E-state index contributed by atoms with van der Waals surface area (Å²) < 4.78 is 0. The molecule has 0 bridgehead atoms. The monoisotopic (exact) mass is 277 g/mol. The zero-order valence-corrected chi connectivity index (χ0v) is 13.0. The zero-order chi connectivity index (χ0) is 15.2. The van der Waals surface area contributed by atoms with Crippen LogP contribution in [-0.4, -0.2) is 37.5 Å². The topological polar surface area (TPSA) is 58.4 Å². The number of carbonyl (C=O) groups excluding carboxylic acids is 1. The van der Waals surface area contributed by atoms with Gasteiger partial charge in [-0.1, -0.05) is 37.3 Å². The Morgan fingerprint density at radius 2 is 2.00 bits per heavy atom. The largest absolute Gasteiger partial charge is 0.368 e. The lowest BCUT2D eigenvalue weighted by atomic mass is 9.85. The number of benzene rings is 1. The minimum atomic E-state index is -0.803. The van der Waals surface area contributed by atoms with E-state index < -0.39 is 5.54 Å². The normalized spacial score (nSPS) is 15.8. The van der Waals surface area contributed by atoms with Gasteiger partial charge in [0.15, 0.2) is 0 Å². The molecule has 1 rings (SSSR count). The van der Waals surface area contributed by atoms with Crippen LogP contribution in [0, 0.1) is 0 Å². The molecular formula is C16H27N3O. The second-order valence-electron chi connectivity index (χ2n) is 5.37. The van der Waals surface area contributed by atoms with Gasteiger partial charge in [-0.05, 0) is 39.4 Å². The summed E-state index contributed by atoms with van der Waals surface area (Å²) in [4.78, 5) is 14.3. The van der Waals surface area contributed by atoms with E-state index in [1.54, 1.807) is 7.05 Å². The maximum Gasteiger partial charge on any atom is 0.242 e. The number of amides is 1. The van der Waals surface area contributed by atoms with Gasteiger partial charge in [0.1, 0.15) is 5.54 Å². The molecule has 20 heavy (non-hydrogen) atoms. The van der Waals surface area contributed by atoms with E-state index in [0.717, 1.165) is 18.5 Å². The lowest BCUT2D eigenvalue weighted by molar-refractivity contribution is -0.125. The molecule has 112 valence electrons. The van der Waals surface area contributed by atoms with Crippen molar-refractivity contribution in [2.45, 2.75) is 38.3 Å². The number of nitrogens with one attached hydrogen (secondary N) is 1. The van der Waals surface area contributed by atoms with Gasteiger partial charge in [0.25, 0.3) is 0 Å². The van der Waals surface area contributed by atoms with Crippen molar-refractivity contribution in [1.29, 1.82) is 0 Å². The minimum absolute atomic E-state index is 0.330. The van der Waals surface area contributed by atoms with E-state index in [2.05, 4.69) is 31.1 Å². The van der Waals surface area contributed by atoms with Crippen LogP contribution in [0.1, 0.15) is 32.3 Å². The number of likely N-dealkylation sites (N-methyl/N-ethyl adjacent to an activating group) is 1. The number of primary amides is 1. The Morgan fingerprint density at radius 1 is 1.40 bits per heavy atom. The number of carbonyl (C=O) groups is 1. The molecule has 1 aromatic carbocycles. The maximum absolute atomic E-state index is 12.0. The van der Waals surface area contributed by atoms with Crippen molar-refractivity contribution < 1.29 is 4.79 Å². The van der Waals surface area contributed by atoms with Gasteiger partial charge < -0.3 is 16.0 Å². The molecule has 0 aliphatic rings. The fraction of sp³-hybridized carbons (Fsp3) is 0.562. The van der Waals surface area contributed by atoms with Crippen molar-refractivity contribution in [3.63, 3.8) is 0 Å². The summed E-state index contributed by atoms with van der Waals surface area (Å²) >= 11 is 0. The van der Waals surface area contributed by atoms with Gasteiger partial charge in [-0.25, -0.2) is 0 Å². The van der Waals surface area contributed by atoms with E-state index in [9.17, 15) is 4.79 Å². The molecule has 2 unspecified atom stereocenters. The van der Waals surface area contributed by atoms with Gasteiger partial charge in [0.2, 0.25) is 5.91 Å². The van der Waals surface area contributed by atoms with Crippen LogP contribution in [0.25, 0.3) is 0 Å². The number of nitrogens with two attached hydrogens (primary N) is 1. The first-order valence-corrected chi connectivity index (χ1v) is 7.22. The van der Waals surface area contributed by atoms with E-state index in [-0.39, 0.29) is 5.91 Å². The Bertz CT molecular complexity index is 421. The van der Waals surface area contributed by atoms with Gasteiger partial charge in [-0.15, -0.1) is 0 Å². The number of nitrogens with zero attached hydrogens (tertiary/aromatic N) is 1. The van der Waals surface area contributed by atoms with E-state index in [1.165, 1.54) is 0 Å². The predicted octanol–water partition coefficient (Wildman–Crippen LogP) is 1.71. The van der Waals surface area contributed by atoms with Crippen LogP contribution in [0.5, 0.6) is 0 Å². The molecule has 4 nitrogen and oxygen atoms in total. The highest BCUT2D eigenvalue weighted by Crippen LogP contribution is 2.25. The summed E-state index contributed by atoms with van der Waals surface area (Å²) in [6.07, 6.45) is 1.74. The quantitative estimate of drug-likeness (QED) is 0.760. The smallest absolute Gasteiger partial charge is 0.242 e. The molecule has 3 N–H and O–H groups in total. The third-order valence-corrected chi connectivity index (χ3v) is 4.30. The molecule has 0 saturated heterocycles. The first kappa shape index (κ1) is 16.7. The summed E-state index contributed by atoms with van der Waals surface area (Å²) in [5, 5.41) is 3.14. The van der Waals surface area contributed by atoms with Crippen molar-refractivity contribution in [3.05, 3.63) is 35.9 Å². The lowest BCUT2D eigenvalue weighted by Crippen LogP contribution is -2.53. The molecule has 2 atom stereocenters. The van der Waals surface area contributed by atoms with E-state index in [0.29, 0.717) is 12.5 Å². The highest BCUT2D eigenvalue weighted by molar-refractivity contribution is 5.86. The standard InChI is InChI=1S/C16H27N3O/c1-5-13(2)19(4)12-11-16(18-3,15(17)20)14-9-7-6-8-10-14/h6-10,13,18H,5,11-12H2,1-4H3,(H2,17,20). The second kappa shape index (κ2) is 7.41. The molecule has 1 aromatic rings. The van der Waals surface area contributed by atoms with E-state index in [1.807, 2.05) is 30.3 Å². The molecule has 0 aromatic heterocycles. The Balaban J connectivity index is 2.94.